The van der Waals surface area contributed by atoms with E-state index >= 15 is 0 Å². The first kappa shape index (κ1) is 11.4. The summed E-state index contributed by atoms with van der Waals surface area (Å²) in [6.07, 6.45) is 1.84. The van der Waals surface area contributed by atoms with Crippen LogP contribution < -0.4 is 4.72 Å². The first-order chi connectivity index (χ1) is 6.45. The SMILES string of the molecule is CC(C#N)CN(C)S(=O)(=O)NC1CC1. The van der Waals surface area contributed by atoms with Crippen LogP contribution in [0.3, 0.4) is 0 Å². The standard InChI is InChI=1S/C8H15N3O2S/c1-7(5-9)6-11(2)14(12,13)10-8-3-4-8/h7-8,10H,3-4,6H2,1-2H3. The van der Waals surface area contributed by atoms with E-state index in [2.05, 4.69) is 4.72 Å². The summed E-state index contributed by atoms with van der Waals surface area (Å²) in [6, 6.07) is 2.11. The molecule has 0 amide bonds. The van der Waals surface area contributed by atoms with Gasteiger partial charge in [-0.05, 0) is 19.8 Å². The molecule has 80 valence electrons. The molecule has 0 saturated heterocycles. The minimum atomic E-state index is -3.37. The molecule has 1 rings (SSSR count). The molecule has 0 heterocycles. The molecule has 0 aromatic heterocycles. The highest BCUT2D eigenvalue weighted by Gasteiger charge is 2.29. The Kier molecular flexibility index (Phi) is 3.48. The summed E-state index contributed by atoms with van der Waals surface area (Å²) in [5.41, 5.74) is 0. The molecule has 1 aliphatic carbocycles. The minimum absolute atomic E-state index is 0.111. The van der Waals surface area contributed by atoms with Crippen LogP contribution >= 0.6 is 0 Å². The Morgan fingerprint density at radius 1 is 1.64 bits per heavy atom. The average Bonchev–Trinajstić information content (AvgIpc) is 2.87. The number of nitrogens with zero attached hydrogens (tertiary/aromatic N) is 2. The number of rotatable bonds is 5. The van der Waals surface area contributed by atoms with E-state index in [1.54, 1.807) is 6.92 Å². The van der Waals surface area contributed by atoms with Gasteiger partial charge in [-0.1, -0.05) is 0 Å². The maximum Gasteiger partial charge on any atom is 0.279 e. The molecule has 14 heavy (non-hydrogen) atoms. The van der Waals surface area contributed by atoms with Gasteiger partial charge < -0.3 is 0 Å². The molecular weight excluding hydrogens is 202 g/mol. The van der Waals surface area contributed by atoms with Gasteiger partial charge in [0.25, 0.3) is 10.2 Å². The normalized spacial score (nSPS) is 19.3. The van der Waals surface area contributed by atoms with Crippen LogP contribution in [0, 0.1) is 17.2 Å². The third kappa shape index (κ3) is 3.25. The first-order valence-electron chi connectivity index (χ1n) is 4.59. The highest BCUT2D eigenvalue weighted by molar-refractivity contribution is 7.87. The molecular formula is C8H15N3O2S. The number of hydrogen-bond acceptors (Lipinski definition) is 3. The second-order valence-corrected chi connectivity index (χ2v) is 5.52. The second-order valence-electron chi connectivity index (χ2n) is 3.71. The lowest BCUT2D eigenvalue weighted by Gasteiger charge is -2.18. The van der Waals surface area contributed by atoms with Crippen molar-refractivity contribution in [3.05, 3.63) is 0 Å². The van der Waals surface area contributed by atoms with Crippen molar-refractivity contribution in [2.75, 3.05) is 13.6 Å². The molecule has 0 spiro atoms. The fraction of sp³-hybridized carbons (Fsp3) is 0.875. The predicted octanol–water partition coefficient (Wildman–Crippen LogP) is 0.0747. The monoisotopic (exact) mass is 217 g/mol. The van der Waals surface area contributed by atoms with Crippen LogP contribution in [0.4, 0.5) is 0 Å². The quantitative estimate of drug-likeness (QED) is 0.708. The predicted molar refractivity (Wildman–Crippen MR) is 52.5 cm³/mol. The zero-order chi connectivity index (χ0) is 10.8. The van der Waals surface area contributed by atoms with Crippen LogP contribution in [0.15, 0.2) is 0 Å². The van der Waals surface area contributed by atoms with Crippen molar-refractivity contribution >= 4 is 10.2 Å². The van der Waals surface area contributed by atoms with Gasteiger partial charge in [0.15, 0.2) is 0 Å². The summed E-state index contributed by atoms with van der Waals surface area (Å²) in [7, 11) is -1.89. The van der Waals surface area contributed by atoms with Crippen molar-refractivity contribution < 1.29 is 8.42 Å². The van der Waals surface area contributed by atoms with E-state index in [4.69, 9.17) is 5.26 Å². The van der Waals surface area contributed by atoms with Crippen LogP contribution in [-0.2, 0) is 10.2 Å². The van der Waals surface area contributed by atoms with E-state index in [1.807, 2.05) is 6.07 Å². The van der Waals surface area contributed by atoms with Gasteiger partial charge in [-0.25, -0.2) is 0 Å². The lowest BCUT2D eigenvalue weighted by Crippen LogP contribution is -2.41. The van der Waals surface area contributed by atoms with Gasteiger partial charge in [-0.3, -0.25) is 0 Å². The minimum Gasteiger partial charge on any atom is -0.199 e. The van der Waals surface area contributed by atoms with E-state index in [0.29, 0.717) is 0 Å². The third-order valence-electron chi connectivity index (χ3n) is 2.05. The Labute approximate surface area is 84.9 Å². The van der Waals surface area contributed by atoms with Gasteiger partial charge >= 0.3 is 0 Å². The second kappa shape index (κ2) is 4.26. The Morgan fingerprint density at radius 3 is 2.64 bits per heavy atom. The van der Waals surface area contributed by atoms with Crippen molar-refractivity contribution in [1.29, 1.82) is 5.26 Å². The number of nitrogens with one attached hydrogen (secondary N) is 1. The molecule has 0 aromatic rings. The summed E-state index contributed by atoms with van der Waals surface area (Å²) >= 11 is 0. The van der Waals surface area contributed by atoms with Crippen LogP contribution in [0.1, 0.15) is 19.8 Å². The maximum atomic E-state index is 11.5. The van der Waals surface area contributed by atoms with Crippen molar-refractivity contribution in [1.82, 2.24) is 9.03 Å². The third-order valence-corrected chi connectivity index (χ3v) is 3.66. The molecule has 0 radical (unpaired) electrons. The number of hydrogen-bond donors (Lipinski definition) is 1. The van der Waals surface area contributed by atoms with Crippen LogP contribution in [0.25, 0.3) is 0 Å². The summed E-state index contributed by atoms with van der Waals surface area (Å²) in [4.78, 5) is 0. The Balaban J connectivity index is 2.49. The molecule has 1 atom stereocenters. The van der Waals surface area contributed by atoms with Gasteiger partial charge in [0, 0.05) is 19.6 Å². The molecule has 1 aliphatic rings. The molecule has 0 bridgehead atoms. The van der Waals surface area contributed by atoms with Gasteiger partial charge in [0.05, 0.1) is 12.0 Å². The summed E-state index contributed by atoms with van der Waals surface area (Å²) in [5, 5.41) is 8.55. The lowest BCUT2D eigenvalue weighted by atomic mass is 10.2. The molecule has 0 aromatic carbocycles. The Hall–Kier alpha value is -0.640. The van der Waals surface area contributed by atoms with Gasteiger partial charge in [0.2, 0.25) is 0 Å². The molecule has 1 unspecified atom stereocenters. The lowest BCUT2D eigenvalue weighted by molar-refractivity contribution is 0.430. The summed E-state index contributed by atoms with van der Waals surface area (Å²) in [5.74, 6) is -0.282. The van der Waals surface area contributed by atoms with Crippen molar-refractivity contribution in [2.24, 2.45) is 5.92 Å². The molecule has 6 heteroatoms. The molecule has 1 fully saturated rings. The Bertz CT molecular complexity index is 329. The maximum absolute atomic E-state index is 11.5. The van der Waals surface area contributed by atoms with E-state index in [-0.39, 0.29) is 18.5 Å². The van der Waals surface area contributed by atoms with E-state index < -0.39 is 10.2 Å². The highest BCUT2D eigenvalue weighted by atomic mass is 32.2. The number of nitriles is 1. The van der Waals surface area contributed by atoms with Crippen LogP contribution in [0.2, 0.25) is 0 Å². The van der Waals surface area contributed by atoms with E-state index in [9.17, 15) is 8.42 Å². The van der Waals surface area contributed by atoms with Crippen LogP contribution in [0.5, 0.6) is 0 Å². The molecule has 1 N–H and O–H groups in total. The van der Waals surface area contributed by atoms with Gasteiger partial charge in [-0.2, -0.15) is 22.7 Å². The van der Waals surface area contributed by atoms with Crippen molar-refractivity contribution in [3.8, 4) is 6.07 Å². The molecule has 1 saturated carbocycles. The fourth-order valence-electron chi connectivity index (χ4n) is 1.03. The topological polar surface area (TPSA) is 73.2 Å². The highest BCUT2D eigenvalue weighted by Crippen LogP contribution is 2.20. The zero-order valence-electron chi connectivity index (χ0n) is 8.40. The molecule has 0 aliphatic heterocycles. The summed E-state index contributed by atoms with van der Waals surface area (Å²) < 4.78 is 26.8. The first-order valence-corrected chi connectivity index (χ1v) is 6.03. The average molecular weight is 217 g/mol. The van der Waals surface area contributed by atoms with Gasteiger partial charge in [-0.15, -0.1) is 0 Å². The zero-order valence-corrected chi connectivity index (χ0v) is 9.21. The van der Waals surface area contributed by atoms with Gasteiger partial charge in [0.1, 0.15) is 0 Å². The smallest absolute Gasteiger partial charge is 0.199 e. The van der Waals surface area contributed by atoms with Crippen molar-refractivity contribution in [3.63, 3.8) is 0 Å². The van der Waals surface area contributed by atoms with Crippen LogP contribution in [-0.4, -0.2) is 32.4 Å². The van der Waals surface area contributed by atoms with Crippen molar-refractivity contribution in [2.45, 2.75) is 25.8 Å². The Morgan fingerprint density at radius 2 is 2.21 bits per heavy atom. The fourth-order valence-corrected chi connectivity index (χ4v) is 2.28. The van der Waals surface area contributed by atoms with E-state index in [0.717, 1.165) is 12.8 Å². The molecule has 5 nitrogen and oxygen atoms in total. The van der Waals surface area contributed by atoms with E-state index in [1.165, 1.54) is 11.4 Å². The largest absolute Gasteiger partial charge is 0.279 e. The summed E-state index contributed by atoms with van der Waals surface area (Å²) in [6.45, 7) is 1.93.